The molecule has 6 heteroatoms. The van der Waals surface area contributed by atoms with Gasteiger partial charge >= 0.3 is 0 Å². The van der Waals surface area contributed by atoms with Gasteiger partial charge in [0.1, 0.15) is 23.7 Å². The van der Waals surface area contributed by atoms with Crippen LogP contribution in [0.25, 0.3) is 11.0 Å². The lowest BCUT2D eigenvalue weighted by Crippen LogP contribution is -2.29. The number of fused-ring (bicyclic) bond motifs is 2. The minimum absolute atomic E-state index is 0.0589. The number of carbonyl (C=O) groups excluding carboxylic acids is 1. The minimum Gasteiger partial charge on any atom is -0.497 e. The molecule has 0 N–H and O–H groups in total. The first kappa shape index (κ1) is 23.6. The number of methoxy groups -OCH3 is 1. The highest BCUT2D eigenvalue weighted by Gasteiger charge is 2.43. The Hall–Kier alpha value is -4.84. The second-order valence-electron chi connectivity index (χ2n) is 9.30. The van der Waals surface area contributed by atoms with E-state index in [2.05, 4.69) is 0 Å². The fourth-order valence-corrected chi connectivity index (χ4v) is 4.92. The van der Waals surface area contributed by atoms with Gasteiger partial charge in [-0.2, -0.15) is 0 Å². The minimum atomic E-state index is -0.672. The van der Waals surface area contributed by atoms with Gasteiger partial charge in [-0.25, -0.2) is 0 Å². The zero-order valence-corrected chi connectivity index (χ0v) is 21.0. The van der Waals surface area contributed by atoms with Crippen molar-refractivity contribution in [1.82, 2.24) is 0 Å². The summed E-state index contributed by atoms with van der Waals surface area (Å²) in [5.41, 5.74) is 3.89. The lowest BCUT2D eigenvalue weighted by molar-refractivity contribution is 0.0971. The van der Waals surface area contributed by atoms with Crippen LogP contribution in [0.5, 0.6) is 11.5 Å². The number of benzene rings is 4. The van der Waals surface area contributed by atoms with Crippen LogP contribution >= 0.6 is 0 Å². The van der Waals surface area contributed by atoms with Gasteiger partial charge in [0.2, 0.25) is 5.76 Å². The molecule has 0 fully saturated rings. The van der Waals surface area contributed by atoms with Crippen LogP contribution in [-0.4, -0.2) is 13.0 Å². The van der Waals surface area contributed by atoms with E-state index in [9.17, 15) is 9.59 Å². The molecule has 1 aliphatic heterocycles. The summed E-state index contributed by atoms with van der Waals surface area (Å²) in [5, 5.41) is 0.455. The molecular weight excluding hydrogens is 478 g/mol. The molecule has 38 heavy (non-hydrogen) atoms. The van der Waals surface area contributed by atoms with Crippen LogP contribution in [-0.2, 0) is 6.61 Å². The largest absolute Gasteiger partial charge is 0.497 e. The van der Waals surface area contributed by atoms with Gasteiger partial charge in [-0.05, 0) is 54.4 Å². The van der Waals surface area contributed by atoms with Gasteiger partial charge < -0.3 is 13.9 Å². The Labute approximate surface area is 219 Å². The van der Waals surface area contributed by atoms with Crippen molar-refractivity contribution in [3.05, 3.63) is 135 Å². The molecule has 1 atom stereocenters. The number of anilines is 1. The zero-order valence-electron chi connectivity index (χ0n) is 21.0. The number of nitrogens with zero attached hydrogens (tertiary/aromatic N) is 1. The van der Waals surface area contributed by atoms with E-state index < -0.39 is 6.04 Å². The molecule has 0 radical (unpaired) electrons. The van der Waals surface area contributed by atoms with E-state index in [1.807, 2.05) is 85.8 Å². The first-order chi connectivity index (χ1) is 18.5. The summed E-state index contributed by atoms with van der Waals surface area (Å²) >= 11 is 0. The summed E-state index contributed by atoms with van der Waals surface area (Å²) in [5.74, 6) is 0.983. The fraction of sp³-hybridized carbons (Fsp3) is 0.125. The van der Waals surface area contributed by atoms with Gasteiger partial charge in [0.15, 0.2) is 5.43 Å². The Kier molecular flexibility index (Phi) is 5.92. The summed E-state index contributed by atoms with van der Waals surface area (Å²) in [4.78, 5) is 29.2. The maximum atomic E-state index is 13.8. The maximum absolute atomic E-state index is 13.8. The Morgan fingerprint density at radius 2 is 1.63 bits per heavy atom. The quantitative estimate of drug-likeness (QED) is 0.267. The van der Waals surface area contributed by atoms with E-state index in [4.69, 9.17) is 13.9 Å². The molecule has 1 aromatic heterocycles. The number of rotatable bonds is 6. The van der Waals surface area contributed by atoms with Crippen LogP contribution in [0.15, 0.2) is 106 Å². The Balaban J connectivity index is 1.45. The normalized spacial score (nSPS) is 14.5. The summed E-state index contributed by atoms with van der Waals surface area (Å²) in [7, 11) is 1.57. The van der Waals surface area contributed by atoms with Crippen molar-refractivity contribution in [2.45, 2.75) is 19.6 Å². The molecule has 4 aromatic carbocycles. The van der Waals surface area contributed by atoms with Crippen molar-refractivity contribution < 1.29 is 18.7 Å². The molecule has 6 rings (SSSR count). The maximum Gasteiger partial charge on any atom is 0.295 e. The highest BCUT2D eigenvalue weighted by Crippen LogP contribution is 2.42. The molecule has 0 aliphatic carbocycles. The zero-order chi connectivity index (χ0) is 26.2. The molecule has 6 nitrogen and oxygen atoms in total. The standard InChI is InChI=1S/C32H25NO5/c1-20-11-16-27-26(17-20)30(34)28-29(22-12-14-24(15-13-22)37-19-21-7-4-3-5-8-21)33(32(35)31(28)38-27)23-9-6-10-25(18-23)36-2/h3-18,29H,19H2,1-2H3. The predicted octanol–water partition coefficient (Wildman–Crippen LogP) is 6.44. The van der Waals surface area contributed by atoms with E-state index in [-0.39, 0.29) is 17.1 Å². The fourth-order valence-electron chi connectivity index (χ4n) is 4.92. The third-order valence-electron chi connectivity index (χ3n) is 6.80. The molecule has 1 unspecified atom stereocenters. The summed E-state index contributed by atoms with van der Waals surface area (Å²) in [6, 6.07) is 29.4. The third-order valence-corrected chi connectivity index (χ3v) is 6.80. The average Bonchev–Trinajstić information content (AvgIpc) is 3.25. The van der Waals surface area contributed by atoms with Crippen LogP contribution in [0.3, 0.4) is 0 Å². The molecule has 1 amide bonds. The van der Waals surface area contributed by atoms with E-state index >= 15 is 0 Å². The number of amides is 1. The first-order valence-electron chi connectivity index (χ1n) is 12.3. The van der Waals surface area contributed by atoms with Crippen molar-refractivity contribution in [3.8, 4) is 11.5 Å². The van der Waals surface area contributed by atoms with Crippen LogP contribution in [0, 0.1) is 6.92 Å². The van der Waals surface area contributed by atoms with Crippen LogP contribution in [0.2, 0.25) is 0 Å². The molecule has 0 saturated carbocycles. The van der Waals surface area contributed by atoms with E-state index in [0.717, 1.165) is 16.7 Å². The van der Waals surface area contributed by atoms with Crippen molar-refractivity contribution in [3.63, 3.8) is 0 Å². The van der Waals surface area contributed by atoms with Gasteiger partial charge in [-0.3, -0.25) is 14.5 Å². The predicted molar refractivity (Wildman–Crippen MR) is 146 cm³/mol. The van der Waals surface area contributed by atoms with Gasteiger partial charge in [-0.1, -0.05) is 60.2 Å². The van der Waals surface area contributed by atoms with Gasteiger partial charge in [0, 0.05) is 11.8 Å². The molecule has 1 aliphatic rings. The summed E-state index contributed by atoms with van der Waals surface area (Å²) in [6.07, 6.45) is 0. The summed E-state index contributed by atoms with van der Waals surface area (Å²) < 4.78 is 17.4. The Bertz CT molecular complexity index is 1710. The highest BCUT2D eigenvalue weighted by atomic mass is 16.5. The van der Waals surface area contributed by atoms with Gasteiger partial charge in [0.05, 0.1) is 24.1 Å². The van der Waals surface area contributed by atoms with Crippen molar-refractivity contribution in [2.24, 2.45) is 0 Å². The topological polar surface area (TPSA) is 69.0 Å². The monoisotopic (exact) mass is 503 g/mol. The molecule has 0 bridgehead atoms. The molecule has 0 spiro atoms. The van der Waals surface area contributed by atoms with Crippen molar-refractivity contribution >= 4 is 22.6 Å². The second kappa shape index (κ2) is 9.56. The molecule has 0 saturated heterocycles. The first-order valence-corrected chi connectivity index (χ1v) is 12.3. The van der Waals surface area contributed by atoms with Crippen molar-refractivity contribution in [1.29, 1.82) is 0 Å². The number of aryl methyl sites for hydroxylation is 1. The molecule has 5 aromatic rings. The summed E-state index contributed by atoms with van der Waals surface area (Å²) in [6.45, 7) is 2.36. The average molecular weight is 504 g/mol. The highest BCUT2D eigenvalue weighted by molar-refractivity contribution is 6.10. The van der Waals surface area contributed by atoms with E-state index in [1.54, 1.807) is 30.2 Å². The van der Waals surface area contributed by atoms with Gasteiger partial charge in [0.25, 0.3) is 5.91 Å². The lowest BCUT2D eigenvalue weighted by Gasteiger charge is -2.25. The smallest absolute Gasteiger partial charge is 0.295 e. The van der Waals surface area contributed by atoms with Crippen LogP contribution in [0.4, 0.5) is 5.69 Å². The number of hydrogen-bond acceptors (Lipinski definition) is 5. The number of ether oxygens (including phenoxy) is 2. The van der Waals surface area contributed by atoms with Gasteiger partial charge in [-0.15, -0.1) is 0 Å². The Morgan fingerprint density at radius 1 is 0.842 bits per heavy atom. The SMILES string of the molecule is COc1cccc(N2C(=O)c3oc4ccc(C)cc4c(=O)c3C2c2ccc(OCc3ccccc3)cc2)c1. The van der Waals surface area contributed by atoms with Crippen LogP contribution in [0.1, 0.15) is 38.9 Å². The molecule has 2 heterocycles. The van der Waals surface area contributed by atoms with Crippen molar-refractivity contribution in [2.75, 3.05) is 12.0 Å². The third kappa shape index (κ3) is 4.10. The lowest BCUT2D eigenvalue weighted by atomic mass is 9.97. The Morgan fingerprint density at radius 3 is 2.39 bits per heavy atom. The second-order valence-corrected chi connectivity index (χ2v) is 9.30. The van der Waals surface area contributed by atoms with E-state index in [1.165, 1.54) is 0 Å². The number of carbonyl (C=O) groups is 1. The molecular formula is C32H25NO5. The van der Waals surface area contributed by atoms with Crippen LogP contribution < -0.4 is 19.8 Å². The number of hydrogen-bond donors (Lipinski definition) is 0. The molecule has 188 valence electrons. The van der Waals surface area contributed by atoms with E-state index in [0.29, 0.717) is 40.3 Å².